The van der Waals surface area contributed by atoms with Gasteiger partial charge in [0.1, 0.15) is 5.75 Å². The van der Waals surface area contributed by atoms with Gasteiger partial charge in [0.15, 0.2) is 5.60 Å². The lowest BCUT2D eigenvalue weighted by molar-refractivity contribution is -0.156. The van der Waals surface area contributed by atoms with E-state index < -0.39 is 5.60 Å². The van der Waals surface area contributed by atoms with Gasteiger partial charge in [-0.25, -0.2) is 0 Å². The molecule has 0 aliphatic carbocycles. The first-order valence-corrected chi connectivity index (χ1v) is 9.06. The van der Waals surface area contributed by atoms with Crippen LogP contribution in [-0.4, -0.2) is 59.2 Å². The molecule has 1 aromatic carbocycles. The Hall–Kier alpha value is -1.59. The molecule has 24 heavy (non-hydrogen) atoms. The van der Waals surface area contributed by atoms with Gasteiger partial charge in [0, 0.05) is 26.2 Å². The first kappa shape index (κ1) is 17.2. The quantitative estimate of drug-likeness (QED) is 0.896. The fraction of sp³-hybridized carbons (Fsp3) is 0.632. The molecule has 2 aliphatic rings. The van der Waals surface area contributed by atoms with Gasteiger partial charge in [-0.15, -0.1) is 0 Å². The van der Waals surface area contributed by atoms with Crippen LogP contribution >= 0.6 is 0 Å². The van der Waals surface area contributed by atoms with Crippen molar-refractivity contribution in [3.8, 4) is 5.75 Å². The molecule has 0 radical (unpaired) electrons. The molecule has 1 aromatic rings. The van der Waals surface area contributed by atoms with Gasteiger partial charge < -0.3 is 14.7 Å². The van der Waals surface area contributed by atoms with E-state index in [-0.39, 0.29) is 5.91 Å². The van der Waals surface area contributed by atoms with Gasteiger partial charge in [-0.05, 0) is 56.8 Å². The molecule has 132 valence electrons. The van der Waals surface area contributed by atoms with Crippen molar-refractivity contribution in [3.63, 3.8) is 0 Å². The lowest BCUT2D eigenvalue weighted by Gasteiger charge is -2.40. The van der Waals surface area contributed by atoms with Crippen LogP contribution in [0.15, 0.2) is 24.3 Å². The van der Waals surface area contributed by atoms with Crippen LogP contribution in [0.4, 0.5) is 0 Å². The molecule has 1 N–H and O–H groups in total. The number of ether oxygens (including phenoxy) is 1. The highest BCUT2D eigenvalue weighted by Gasteiger charge is 2.43. The first-order chi connectivity index (χ1) is 11.6. The van der Waals surface area contributed by atoms with Crippen LogP contribution in [-0.2, 0) is 11.3 Å². The summed E-state index contributed by atoms with van der Waals surface area (Å²) in [5.41, 5.74) is -0.0373. The summed E-state index contributed by atoms with van der Waals surface area (Å²) in [6.07, 6.45) is 3.53. The predicted molar refractivity (Wildman–Crippen MR) is 92.9 cm³/mol. The molecule has 5 heteroatoms. The minimum absolute atomic E-state index is 0.0728. The highest BCUT2D eigenvalue weighted by Crippen LogP contribution is 2.26. The van der Waals surface area contributed by atoms with E-state index >= 15 is 0 Å². The summed E-state index contributed by atoms with van der Waals surface area (Å²) < 4.78 is 5.47. The van der Waals surface area contributed by atoms with Crippen LogP contribution in [0.2, 0.25) is 0 Å². The summed E-state index contributed by atoms with van der Waals surface area (Å²) >= 11 is 0. The van der Waals surface area contributed by atoms with Crippen molar-refractivity contribution in [2.45, 2.75) is 44.8 Å². The summed E-state index contributed by atoms with van der Waals surface area (Å²) in [7, 11) is 0. The van der Waals surface area contributed by atoms with E-state index in [4.69, 9.17) is 4.74 Å². The Balaban J connectivity index is 1.61. The van der Waals surface area contributed by atoms with E-state index in [1.165, 1.54) is 5.56 Å². The number of aliphatic hydroxyl groups is 1. The summed E-state index contributed by atoms with van der Waals surface area (Å²) in [4.78, 5) is 16.7. The van der Waals surface area contributed by atoms with Crippen LogP contribution in [0.5, 0.6) is 5.75 Å². The predicted octanol–water partition coefficient (Wildman–Crippen LogP) is 2.03. The molecular formula is C19H28N2O3. The summed E-state index contributed by atoms with van der Waals surface area (Å²) in [5.74, 6) is 0.803. The highest BCUT2D eigenvalue weighted by molar-refractivity contribution is 5.85. The van der Waals surface area contributed by atoms with Crippen LogP contribution in [0.1, 0.15) is 38.2 Å². The number of carbonyl (C=O) groups is 1. The highest BCUT2D eigenvalue weighted by atomic mass is 16.5. The van der Waals surface area contributed by atoms with Crippen LogP contribution < -0.4 is 4.74 Å². The standard InChI is InChI=1S/C19H28N2O3/c1-2-24-17-8-6-16(7-9-17)14-20-11-5-10-19(23,15-20)18(22)21-12-3-4-13-21/h6-9,23H,2-5,10-15H2,1H3. The maximum atomic E-state index is 12.7. The fourth-order valence-electron chi connectivity index (χ4n) is 3.76. The number of amides is 1. The Labute approximate surface area is 144 Å². The number of benzene rings is 1. The summed E-state index contributed by atoms with van der Waals surface area (Å²) in [6, 6.07) is 8.07. The lowest BCUT2D eigenvalue weighted by Crippen LogP contribution is -2.57. The molecule has 1 unspecified atom stereocenters. The molecule has 1 amide bonds. The van der Waals surface area contributed by atoms with Crippen molar-refractivity contribution in [2.24, 2.45) is 0 Å². The average Bonchev–Trinajstić information content (AvgIpc) is 3.11. The third-order valence-electron chi connectivity index (χ3n) is 4.98. The Morgan fingerprint density at radius 1 is 1.17 bits per heavy atom. The Bertz CT molecular complexity index is 554. The van der Waals surface area contributed by atoms with Crippen LogP contribution in [0, 0.1) is 0 Å². The molecule has 0 spiro atoms. The first-order valence-electron chi connectivity index (χ1n) is 9.06. The number of nitrogens with zero attached hydrogens (tertiary/aromatic N) is 2. The van der Waals surface area contributed by atoms with Gasteiger partial charge in [-0.3, -0.25) is 9.69 Å². The van der Waals surface area contributed by atoms with E-state index in [0.29, 0.717) is 19.6 Å². The fourth-order valence-corrected chi connectivity index (χ4v) is 3.76. The minimum atomic E-state index is -1.21. The minimum Gasteiger partial charge on any atom is -0.494 e. The van der Waals surface area contributed by atoms with Crippen molar-refractivity contribution >= 4 is 5.91 Å². The van der Waals surface area contributed by atoms with Crippen LogP contribution in [0.25, 0.3) is 0 Å². The maximum absolute atomic E-state index is 12.7. The third kappa shape index (κ3) is 3.90. The van der Waals surface area contributed by atoms with Gasteiger partial charge in [0.2, 0.25) is 0 Å². The average molecular weight is 332 g/mol. The molecule has 1 atom stereocenters. The largest absolute Gasteiger partial charge is 0.494 e. The van der Waals surface area contributed by atoms with E-state index in [2.05, 4.69) is 17.0 Å². The van der Waals surface area contributed by atoms with Crippen molar-refractivity contribution < 1.29 is 14.6 Å². The van der Waals surface area contributed by atoms with Gasteiger partial charge in [0.25, 0.3) is 5.91 Å². The lowest BCUT2D eigenvalue weighted by atomic mass is 9.91. The Morgan fingerprint density at radius 3 is 2.54 bits per heavy atom. The molecule has 5 nitrogen and oxygen atoms in total. The SMILES string of the molecule is CCOc1ccc(CN2CCCC(O)(C(=O)N3CCCC3)C2)cc1. The molecule has 0 saturated carbocycles. The summed E-state index contributed by atoms with van der Waals surface area (Å²) in [5, 5.41) is 10.9. The smallest absolute Gasteiger partial charge is 0.255 e. The van der Waals surface area contributed by atoms with Gasteiger partial charge in [-0.2, -0.15) is 0 Å². The number of carbonyl (C=O) groups excluding carboxylic acids is 1. The molecule has 2 saturated heterocycles. The van der Waals surface area contributed by atoms with E-state index in [0.717, 1.165) is 51.2 Å². The molecule has 3 rings (SSSR count). The molecule has 0 aromatic heterocycles. The molecule has 2 fully saturated rings. The monoisotopic (exact) mass is 332 g/mol. The number of hydrogen-bond acceptors (Lipinski definition) is 4. The number of likely N-dealkylation sites (tertiary alicyclic amines) is 2. The zero-order chi connectivity index (χ0) is 17.0. The zero-order valence-corrected chi connectivity index (χ0v) is 14.5. The van der Waals surface area contributed by atoms with Gasteiger partial charge >= 0.3 is 0 Å². The zero-order valence-electron chi connectivity index (χ0n) is 14.5. The molecular weight excluding hydrogens is 304 g/mol. The molecule has 2 aliphatic heterocycles. The van der Waals surface area contributed by atoms with Crippen molar-refractivity contribution in [1.82, 2.24) is 9.80 Å². The number of hydrogen-bond donors (Lipinski definition) is 1. The summed E-state index contributed by atoms with van der Waals surface area (Å²) in [6.45, 7) is 6.32. The number of β-amino-alcohol motifs (C(OH)–C–C–N with tert-alkyl or cyclic N) is 1. The van der Waals surface area contributed by atoms with Gasteiger partial charge in [0.05, 0.1) is 6.61 Å². The van der Waals surface area contributed by atoms with E-state index in [1.807, 2.05) is 24.0 Å². The molecule has 2 heterocycles. The Morgan fingerprint density at radius 2 is 1.88 bits per heavy atom. The second kappa shape index (κ2) is 7.53. The molecule has 0 bridgehead atoms. The third-order valence-corrected chi connectivity index (χ3v) is 4.98. The second-order valence-corrected chi connectivity index (χ2v) is 6.92. The van der Waals surface area contributed by atoms with E-state index in [1.54, 1.807) is 0 Å². The van der Waals surface area contributed by atoms with Crippen molar-refractivity contribution in [1.29, 1.82) is 0 Å². The van der Waals surface area contributed by atoms with Crippen LogP contribution in [0.3, 0.4) is 0 Å². The topological polar surface area (TPSA) is 53.0 Å². The van der Waals surface area contributed by atoms with E-state index in [9.17, 15) is 9.90 Å². The number of rotatable bonds is 5. The van der Waals surface area contributed by atoms with Crippen molar-refractivity contribution in [2.75, 3.05) is 32.8 Å². The second-order valence-electron chi connectivity index (χ2n) is 6.92. The normalized spacial score (nSPS) is 25.0. The maximum Gasteiger partial charge on any atom is 0.255 e. The van der Waals surface area contributed by atoms with Gasteiger partial charge in [-0.1, -0.05) is 12.1 Å². The number of piperidine rings is 1. The Kier molecular flexibility index (Phi) is 5.41. The van der Waals surface area contributed by atoms with Crippen molar-refractivity contribution in [3.05, 3.63) is 29.8 Å².